The van der Waals surface area contributed by atoms with Crippen LogP contribution in [0.3, 0.4) is 0 Å². The highest BCUT2D eigenvalue weighted by Gasteiger charge is 2.10. The molecule has 0 fully saturated rings. The molecule has 3 rings (SSSR count). The SMILES string of the molecule is COc1ccccc1NC(=O)c1ccc(Nc2ccccc2Cl)nc1. The molecule has 25 heavy (non-hydrogen) atoms. The molecule has 0 spiro atoms. The number of aromatic nitrogens is 1. The maximum atomic E-state index is 12.4. The third-order valence-corrected chi connectivity index (χ3v) is 3.85. The van der Waals surface area contributed by atoms with Gasteiger partial charge in [0.15, 0.2) is 0 Å². The fourth-order valence-electron chi connectivity index (χ4n) is 2.25. The van der Waals surface area contributed by atoms with Gasteiger partial charge in [0.05, 0.1) is 29.1 Å². The minimum absolute atomic E-state index is 0.263. The van der Waals surface area contributed by atoms with E-state index in [0.29, 0.717) is 27.8 Å². The number of hydrogen-bond acceptors (Lipinski definition) is 4. The molecular weight excluding hydrogens is 338 g/mol. The number of anilines is 3. The van der Waals surface area contributed by atoms with Gasteiger partial charge in [-0.15, -0.1) is 0 Å². The number of hydrogen-bond donors (Lipinski definition) is 2. The van der Waals surface area contributed by atoms with Crippen LogP contribution in [-0.4, -0.2) is 18.0 Å². The Bertz CT molecular complexity index is 882. The largest absolute Gasteiger partial charge is 0.495 e. The maximum Gasteiger partial charge on any atom is 0.257 e. The van der Waals surface area contributed by atoms with Crippen molar-refractivity contribution in [2.45, 2.75) is 0 Å². The van der Waals surface area contributed by atoms with Gasteiger partial charge >= 0.3 is 0 Å². The van der Waals surface area contributed by atoms with Crippen molar-refractivity contribution in [3.63, 3.8) is 0 Å². The van der Waals surface area contributed by atoms with E-state index in [-0.39, 0.29) is 5.91 Å². The van der Waals surface area contributed by atoms with Crippen LogP contribution in [0.25, 0.3) is 0 Å². The van der Waals surface area contributed by atoms with E-state index in [4.69, 9.17) is 16.3 Å². The van der Waals surface area contributed by atoms with Crippen molar-refractivity contribution in [2.24, 2.45) is 0 Å². The van der Waals surface area contributed by atoms with Crippen LogP contribution < -0.4 is 15.4 Å². The zero-order valence-corrected chi connectivity index (χ0v) is 14.2. The lowest BCUT2D eigenvalue weighted by molar-refractivity contribution is 0.102. The van der Waals surface area contributed by atoms with Crippen LogP contribution in [0.1, 0.15) is 10.4 Å². The third kappa shape index (κ3) is 4.08. The molecule has 0 atom stereocenters. The van der Waals surface area contributed by atoms with Gasteiger partial charge in [0.25, 0.3) is 5.91 Å². The van der Waals surface area contributed by atoms with Crippen LogP contribution >= 0.6 is 11.6 Å². The number of pyridine rings is 1. The highest BCUT2D eigenvalue weighted by molar-refractivity contribution is 6.33. The van der Waals surface area contributed by atoms with Gasteiger partial charge in [-0.1, -0.05) is 35.9 Å². The fourth-order valence-corrected chi connectivity index (χ4v) is 2.43. The topological polar surface area (TPSA) is 63.2 Å². The monoisotopic (exact) mass is 353 g/mol. The van der Waals surface area contributed by atoms with Crippen LogP contribution in [0, 0.1) is 0 Å². The minimum atomic E-state index is -0.263. The lowest BCUT2D eigenvalue weighted by Crippen LogP contribution is -2.13. The van der Waals surface area contributed by atoms with Gasteiger partial charge < -0.3 is 15.4 Å². The van der Waals surface area contributed by atoms with E-state index in [1.165, 1.54) is 6.20 Å². The second kappa shape index (κ2) is 7.68. The third-order valence-electron chi connectivity index (χ3n) is 3.52. The molecule has 2 aromatic carbocycles. The summed E-state index contributed by atoms with van der Waals surface area (Å²) in [4.78, 5) is 16.6. The lowest BCUT2D eigenvalue weighted by atomic mass is 10.2. The van der Waals surface area contributed by atoms with Gasteiger partial charge in [-0.2, -0.15) is 0 Å². The molecule has 0 aliphatic heterocycles. The van der Waals surface area contributed by atoms with Gasteiger partial charge in [-0.05, 0) is 36.4 Å². The Kier molecular flexibility index (Phi) is 5.16. The van der Waals surface area contributed by atoms with Gasteiger partial charge in [-0.3, -0.25) is 4.79 Å². The van der Waals surface area contributed by atoms with E-state index in [1.807, 2.05) is 30.3 Å². The molecule has 5 nitrogen and oxygen atoms in total. The Hall–Kier alpha value is -3.05. The van der Waals surface area contributed by atoms with Crippen molar-refractivity contribution in [2.75, 3.05) is 17.7 Å². The molecule has 1 amide bonds. The molecule has 126 valence electrons. The highest BCUT2D eigenvalue weighted by atomic mass is 35.5. The van der Waals surface area contributed by atoms with Crippen LogP contribution in [0.5, 0.6) is 5.75 Å². The van der Waals surface area contributed by atoms with E-state index in [2.05, 4.69) is 15.6 Å². The summed E-state index contributed by atoms with van der Waals surface area (Å²) < 4.78 is 5.23. The second-order valence-electron chi connectivity index (χ2n) is 5.19. The molecule has 1 aromatic heterocycles. The predicted molar refractivity (Wildman–Crippen MR) is 99.9 cm³/mol. The number of halogens is 1. The zero-order valence-electron chi connectivity index (χ0n) is 13.5. The van der Waals surface area contributed by atoms with E-state index < -0.39 is 0 Å². The molecule has 3 aromatic rings. The van der Waals surface area contributed by atoms with Crippen molar-refractivity contribution < 1.29 is 9.53 Å². The Morgan fingerprint density at radius 1 is 1.00 bits per heavy atom. The molecule has 0 aliphatic rings. The van der Waals surface area contributed by atoms with Crippen molar-refractivity contribution in [1.29, 1.82) is 0 Å². The summed E-state index contributed by atoms with van der Waals surface area (Å²) >= 11 is 6.11. The Morgan fingerprint density at radius 3 is 2.40 bits per heavy atom. The van der Waals surface area contributed by atoms with Crippen molar-refractivity contribution in [3.05, 3.63) is 77.4 Å². The van der Waals surface area contributed by atoms with Crippen LogP contribution in [-0.2, 0) is 0 Å². The second-order valence-corrected chi connectivity index (χ2v) is 5.60. The number of ether oxygens (including phenoxy) is 1. The van der Waals surface area contributed by atoms with E-state index in [9.17, 15) is 4.79 Å². The summed E-state index contributed by atoms with van der Waals surface area (Å²) in [5.41, 5.74) is 1.80. The van der Waals surface area contributed by atoms with Crippen molar-refractivity contribution in [1.82, 2.24) is 4.98 Å². The fraction of sp³-hybridized carbons (Fsp3) is 0.0526. The van der Waals surface area contributed by atoms with Crippen molar-refractivity contribution in [3.8, 4) is 5.75 Å². The zero-order chi connectivity index (χ0) is 17.6. The molecule has 0 aliphatic carbocycles. The quantitative estimate of drug-likeness (QED) is 0.695. The predicted octanol–water partition coefficient (Wildman–Crippen LogP) is 4.74. The van der Waals surface area contributed by atoms with E-state index in [1.54, 1.807) is 37.4 Å². The summed E-state index contributed by atoms with van der Waals surface area (Å²) in [6.07, 6.45) is 1.50. The number of para-hydroxylation sites is 3. The molecule has 1 heterocycles. The molecule has 0 saturated heterocycles. The summed E-state index contributed by atoms with van der Waals surface area (Å²) in [5.74, 6) is 0.934. The van der Waals surface area contributed by atoms with Gasteiger partial charge in [-0.25, -0.2) is 4.98 Å². The number of nitrogens with one attached hydrogen (secondary N) is 2. The molecule has 6 heteroatoms. The molecule has 0 bridgehead atoms. The molecule has 0 unspecified atom stereocenters. The summed E-state index contributed by atoms with van der Waals surface area (Å²) in [5, 5.41) is 6.52. The number of carbonyl (C=O) groups excluding carboxylic acids is 1. The average Bonchev–Trinajstić information content (AvgIpc) is 2.64. The first-order valence-electron chi connectivity index (χ1n) is 7.59. The van der Waals surface area contributed by atoms with Crippen molar-refractivity contribution >= 4 is 34.7 Å². The van der Waals surface area contributed by atoms with E-state index >= 15 is 0 Å². The molecular formula is C19H16ClN3O2. The number of benzene rings is 2. The van der Waals surface area contributed by atoms with Crippen LogP contribution in [0.2, 0.25) is 5.02 Å². The number of amides is 1. The first kappa shape index (κ1) is 16.8. The van der Waals surface area contributed by atoms with Crippen LogP contribution in [0.15, 0.2) is 66.9 Å². The average molecular weight is 354 g/mol. The first-order chi connectivity index (χ1) is 12.2. The Morgan fingerprint density at radius 2 is 1.72 bits per heavy atom. The van der Waals surface area contributed by atoms with E-state index in [0.717, 1.165) is 5.69 Å². The van der Waals surface area contributed by atoms with Gasteiger partial charge in [0.2, 0.25) is 0 Å². The highest BCUT2D eigenvalue weighted by Crippen LogP contribution is 2.25. The Labute approximate surface area is 150 Å². The lowest BCUT2D eigenvalue weighted by Gasteiger charge is -2.10. The smallest absolute Gasteiger partial charge is 0.257 e. The number of carbonyl (C=O) groups is 1. The number of rotatable bonds is 5. The van der Waals surface area contributed by atoms with Crippen LogP contribution in [0.4, 0.5) is 17.2 Å². The standard InChI is InChI=1S/C19H16ClN3O2/c1-25-17-9-5-4-8-16(17)23-19(24)13-10-11-18(21-12-13)22-15-7-3-2-6-14(15)20/h2-12H,1H3,(H,21,22)(H,23,24). The van der Waals surface area contributed by atoms with Gasteiger partial charge in [0.1, 0.15) is 11.6 Å². The Balaban J connectivity index is 1.71. The number of methoxy groups -OCH3 is 1. The summed E-state index contributed by atoms with van der Waals surface area (Å²) in [6.45, 7) is 0. The number of nitrogens with zero attached hydrogens (tertiary/aromatic N) is 1. The molecule has 2 N–H and O–H groups in total. The first-order valence-corrected chi connectivity index (χ1v) is 7.97. The minimum Gasteiger partial charge on any atom is -0.495 e. The normalized spacial score (nSPS) is 10.2. The molecule has 0 saturated carbocycles. The van der Waals surface area contributed by atoms with Gasteiger partial charge in [0, 0.05) is 6.20 Å². The molecule has 0 radical (unpaired) electrons. The summed E-state index contributed by atoms with van der Waals surface area (Å²) in [6, 6.07) is 18.0. The maximum absolute atomic E-state index is 12.4. The summed E-state index contributed by atoms with van der Waals surface area (Å²) in [7, 11) is 1.56.